The van der Waals surface area contributed by atoms with E-state index >= 15 is 0 Å². The minimum atomic E-state index is 0.585. The van der Waals surface area contributed by atoms with Crippen LogP contribution in [0.5, 0.6) is 5.75 Å². The molecule has 3 rings (SSSR count). The lowest BCUT2D eigenvalue weighted by Gasteiger charge is -2.21. The standard InChI is InChI=1S/C15H20N4OS/c1-20-13-7-5-12(6-8-13)19(10-2-9-16)15-17-14(18-21-15)11-3-4-11/h5-8,11H,2-4,9-10,16H2,1H3. The van der Waals surface area contributed by atoms with Crippen molar-refractivity contribution >= 4 is 22.4 Å². The summed E-state index contributed by atoms with van der Waals surface area (Å²) in [5.41, 5.74) is 6.76. The Hall–Kier alpha value is -1.66. The minimum absolute atomic E-state index is 0.585. The van der Waals surface area contributed by atoms with Crippen molar-refractivity contribution in [2.45, 2.75) is 25.2 Å². The first kappa shape index (κ1) is 14.3. The Morgan fingerprint density at radius 2 is 2.10 bits per heavy atom. The molecule has 1 aromatic carbocycles. The molecule has 0 saturated heterocycles. The highest BCUT2D eigenvalue weighted by molar-refractivity contribution is 7.09. The molecule has 0 bridgehead atoms. The van der Waals surface area contributed by atoms with E-state index in [2.05, 4.69) is 9.27 Å². The van der Waals surface area contributed by atoms with Gasteiger partial charge in [0.15, 0.2) is 0 Å². The maximum absolute atomic E-state index is 5.66. The van der Waals surface area contributed by atoms with Crippen LogP contribution in [0.2, 0.25) is 0 Å². The fourth-order valence-corrected chi connectivity index (χ4v) is 2.98. The highest BCUT2D eigenvalue weighted by Crippen LogP contribution is 2.40. The average Bonchev–Trinajstić information content (AvgIpc) is 3.27. The van der Waals surface area contributed by atoms with Crippen LogP contribution in [0.3, 0.4) is 0 Å². The molecule has 1 heterocycles. The van der Waals surface area contributed by atoms with Gasteiger partial charge in [0.2, 0.25) is 5.13 Å². The third-order valence-electron chi connectivity index (χ3n) is 3.57. The van der Waals surface area contributed by atoms with Gasteiger partial charge in [-0.25, -0.2) is 4.98 Å². The first-order valence-electron chi connectivity index (χ1n) is 7.27. The smallest absolute Gasteiger partial charge is 0.209 e. The second-order valence-electron chi connectivity index (χ2n) is 5.20. The van der Waals surface area contributed by atoms with Crippen molar-refractivity contribution in [1.82, 2.24) is 9.36 Å². The van der Waals surface area contributed by atoms with E-state index in [1.807, 2.05) is 24.3 Å². The molecule has 6 heteroatoms. The normalized spacial score (nSPS) is 14.2. The molecule has 1 aromatic heterocycles. The largest absolute Gasteiger partial charge is 0.497 e. The summed E-state index contributed by atoms with van der Waals surface area (Å²) >= 11 is 1.47. The molecule has 1 aliphatic carbocycles. The molecular weight excluding hydrogens is 284 g/mol. The number of aromatic nitrogens is 2. The zero-order chi connectivity index (χ0) is 14.7. The van der Waals surface area contributed by atoms with Crippen LogP contribution in [-0.2, 0) is 0 Å². The Bertz CT molecular complexity index is 580. The van der Waals surface area contributed by atoms with Crippen molar-refractivity contribution in [1.29, 1.82) is 0 Å². The third kappa shape index (κ3) is 3.33. The second-order valence-corrected chi connectivity index (χ2v) is 5.93. The Morgan fingerprint density at radius 3 is 2.71 bits per heavy atom. The van der Waals surface area contributed by atoms with Gasteiger partial charge >= 0.3 is 0 Å². The quantitative estimate of drug-likeness (QED) is 0.852. The van der Waals surface area contributed by atoms with Crippen molar-refractivity contribution in [2.24, 2.45) is 5.73 Å². The van der Waals surface area contributed by atoms with Crippen LogP contribution in [-0.4, -0.2) is 29.6 Å². The summed E-state index contributed by atoms with van der Waals surface area (Å²) in [5.74, 6) is 2.44. The zero-order valence-electron chi connectivity index (χ0n) is 12.2. The predicted molar refractivity (Wildman–Crippen MR) is 85.6 cm³/mol. The molecule has 2 N–H and O–H groups in total. The van der Waals surface area contributed by atoms with Gasteiger partial charge in [-0.2, -0.15) is 4.37 Å². The molecule has 0 unspecified atom stereocenters. The molecule has 1 saturated carbocycles. The molecule has 112 valence electrons. The lowest BCUT2D eigenvalue weighted by molar-refractivity contribution is 0.415. The fourth-order valence-electron chi connectivity index (χ4n) is 2.19. The molecule has 0 aliphatic heterocycles. The molecule has 0 amide bonds. The molecule has 1 fully saturated rings. The number of anilines is 2. The van der Waals surface area contributed by atoms with Crippen molar-refractivity contribution < 1.29 is 4.74 Å². The Balaban J connectivity index is 1.83. The monoisotopic (exact) mass is 304 g/mol. The fraction of sp³-hybridized carbons (Fsp3) is 0.467. The summed E-state index contributed by atoms with van der Waals surface area (Å²) in [6, 6.07) is 8.03. The molecule has 0 spiro atoms. The second kappa shape index (κ2) is 6.41. The number of hydrogen-bond donors (Lipinski definition) is 1. The van der Waals surface area contributed by atoms with Gasteiger partial charge in [0.25, 0.3) is 0 Å². The zero-order valence-corrected chi connectivity index (χ0v) is 13.0. The lowest BCUT2D eigenvalue weighted by atomic mass is 10.2. The Morgan fingerprint density at radius 1 is 1.33 bits per heavy atom. The third-order valence-corrected chi connectivity index (χ3v) is 4.33. The van der Waals surface area contributed by atoms with Crippen LogP contribution < -0.4 is 15.4 Å². The molecular formula is C15H20N4OS. The summed E-state index contributed by atoms with van der Waals surface area (Å²) in [6.45, 7) is 1.52. The van der Waals surface area contributed by atoms with Crippen LogP contribution >= 0.6 is 11.5 Å². The summed E-state index contributed by atoms with van der Waals surface area (Å²) < 4.78 is 9.72. The van der Waals surface area contributed by atoms with E-state index in [0.29, 0.717) is 12.5 Å². The van der Waals surface area contributed by atoms with Gasteiger partial charge in [-0.05, 0) is 50.1 Å². The first-order valence-corrected chi connectivity index (χ1v) is 8.04. The highest BCUT2D eigenvalue weighted by Gasteiger charge is 2.28. The van der Waals surface area contributed by atoms with E-state index in [1.54, 1.807) is 7.11 Å². The number of benzene rings is 1. The summed E-state index contributed by atoms with van der Waals surface area (Å²) in [5, 5.41) is 0.954. The molecule has 1 aliphatic rings. The van der Waals surface area contributed by atoms with E-state index in [9.17, 15) is 0 Å². The SMILES string of the molecule is COc1ccc(N(CCCN)c2nc(C3CC3)ns2)cc1. The van der Waals surface area contributed by atoms with Crippen LogP contribution in [0.4, 0.5) is 10.8 Å². The van der Waals surface area contributed by atoms with Crippen molar-refractivity contribution in [3.8, 4) is 5.75 Å². The van der Waals surface area contributed by atoms with Gasteiger partial charge in [0.1, 0.15) is 11.6 Å². The number of methoxy groups -OCH3 is 1. The summed E-state index contributed by atoms with van der Waals surface area (Å²) in [6.07, 6.45) is 3.37. The number of nitrogens with two attached hydrogens (primary N) is 1. The molecule has 2 aromatic rings. The van der Waals surface area contributed by atoms with E-state index in [0.717, 1.165) is 35.4 Å². The first-order chi connectivity index (χ1) is 10.3. The molecule has 0 atom stereocenters. The minimum Gasteiger partial charge on any atom is -0.497 e. The van der Waals surface area contributed by atoms with Crippen molar-refractivity contribution in [3.63, 3.8) is 0 Å². The van der Waals surface area contributed by atoms with Gasteiger partial charge in [0, 0.05) is 29.7 Å². The Labute approximate surface area is 128 Å². The van der Waals surface area contributed by atoms with Crippen LogP contribution in [0.25, 0.3) is 0 Å². The van der Waals surface area contributed by atoms with Crippen LogP contribution in [0.1, 0.15) is 31.0 Å². The predicted octanol–water partition coefficient (Wildman–Crippen LogP) is 2.91. The average molecular weight is 304 g/mol. The number of ether oxygens (including phenoxy) is 1. The summed E-state index contributed by atoms with van der Waals surface area (Å²) in [7, 11) is 1.67. The van der Waals surface area contributed by atoms with Gasteiger partial charge in [0.05, 0.1) is 7.11 Å². The molecule has 5 nitrogen and oxygen atoms in total. The topological polar surface area (TPSA) is 64.3 Å². The van der Waals surface area contributed by atoms with E-state index in [-0.39, 0.29) is 0 Å². The number of rotatable bonds is 7. The van der Waals surface area contributed by atoms with Crippen LogP contribution in [0, 0.1) is 0 Å². The van der Waals surface area contributed by atoms with E-state index in [4.69, 9.17) is 15.5 Å². The summed E-state index contributed by atoms with van der Waals surface area (Å²) in [4.78, 5) is 6.90. The van der Waals surface area contributed by atoms with Gasteiger partial charge in [-0.1, -0.05) is 0 Å². The molecule has 21 heavy (non-hydrogen) atoms. The van der Waals surface area contributed by atoms with E-state index in [1.165, 1.54) is 24.4 Å². The maximum atomic E-state index is 5.66. The van der Waals surface area contributed by atoms with Gasteiger partial charge < -0.3 is 15.4 Å². The van der Waals surface area contributed by atoms with Gasteiger partial charge in [-0.3, -0.25) is 0 Å². The Kier molecular flexibility index (Phi) is 4.36. The molecule has 0 radical (unpaired) electrons. The number of hydrogen-bond acceptors (Lipinski definition) is 6. The maximum Gasteiger partial charge on any atom is 0.209 e. The van der Waals surface area contributed by atoms with E-state index < -0.39 is 0 Å². The highest BCUT2D eigenvalue weighted by atomic mass is 32.1. The lowest BCUT2D eigenvalue weighted by Crippen LogP contribution is -2.20. The number of nitrogens with zero attached hydrogens (tertiary/aromatic N) is 3. The van der Waals surface area contributed by atoms with Crippen LogP contribution in [0.15, 0.2) is 24.3 Å². The van der Waals surface area contributed by atoms with Crippen molar-refractivity contribution in [2.75, 3.05) is 25.1 Å². The van der Waals surface area contributed by atoms with Crippen molar-refractivity contribution in [3.05, 3.63) is 30.1 Å². The van der Waals surface area contributed by atoms with Gasteiger partial charge in [-0.15, -0.1) is 0 Å².